The Kier molecular flexibility index (Phi) is 6.10. The summed E-state index contributed by atoms with van der Waals surface area (Å²) < 4.78 is 21.4. The summed E-state index contributed by atoms with van der Waals surface area (Å²) >= 11 is 7.91. The summed E-state index contributed by atoms with van der Waals surface area (Å²) in [5.74, 6) is 2.52. The summed E-state index contributed by atoms with van der Waals surface area (Å²) in [6, 6.07) is 9.16. The molecule has 0 atom stereocenters. The topological polar surface area (TPSA) is 75.2 Å². The van der Waals surface area contributed by atoms with Gasteiger partial charge in [0.2, 0.25) is 0 Å². The zero-order valence-electron chi connectivity index (χ0n) is 15.7. The van der Waals surface area contributed by atoms with Gasteiger partial charge in [-0.25, -0.2) is 4.99 Å². The van der Waals surface area contributed by atoms with Crippen LogP contribution in [0.1, 0.15) is 18.4 Å². The number of hydrogen-bond acceptors (Lipinski definition) is 7. The Hall–Kier alpha value is -2.45. The molecule has 0 spiro atoms. The minimum absolute atomic E-state index is 0.344. The van der Waals surface area contributed by atoms with E-state index in [1.807, 2.05) is 24.5 Å². The molecular formula is C20H21ClFN5OS. The first-order valence-corrected chi connectivity index (χ1v) is 10.7. The van der Waals surface area contributed by atoms with Crippen LogP contribution in [-0.4, -0.2) is 42.6 Å². The molecule has 0 amide bonds. The fourth-order valence-corrected chi connectivity index (χ4v) is 4.10. The number of aliphatic imine (C=N–C) groups is 2. The van der Waals surface area contributed by atoms with Crippen LogP contribution >= 0.6 is 23.5 Å². The molecule has 6 nitrogen and oxygen atoms in total. The zero-order valence-corrected chi connectivity index (χ0v) is 17.3. The highest BCUT2D eigenvalue weighted by Gasteiger charge is 2.23. The van der Waals surface area contributed by atoms with E-state index in [1.54, 1.807) is 12.1 Å². The van der Waals surface area contributed by atoms with Crippen molar-refractivity contribution in [1.82, 2.24) is 4.90 Å². The van der Waals surface area contributed by atoms with Crippen LogP contribution in [0.3, 0.4) is 0 Å². The third kappa shape index (κ3) is 4.28. The van der Waals surface area contributed by atoms with E-state index >= 15 is 0 Å². The standard InChI is InChI=1S/C20H21ClFN5OS/c21-18-17(26-29-10-1-7-22)6-4-15(23)19(18)28-13-3-5-16-14(11-13)20-24-8-2-9-27(20)12-25-16/h3-6,11-12,26H,1-2,7-10,23H2. The average molecular weight is 434 g/mol. The van der Waals surface area contributed by atoms with Crippen molar-refractivity contribution in [1.29, 1.82) is 0 Å². The number of rotatable bonds is 7. The van der Waals surface area contributed by atoms with Crippen molar-refractivity contribution in [3.63, 3.8) is 0 Å². The van der Waals surface area contributed by atoms with Crippen molar-refractivity contribution in [3.8, 4) is 11.5 Å². The van der Waals surface area contributed by atoms with Gasteiger partial charge in [-0.1, -0.05) is 23.5 Å². The minimum Gasteiger partial charge on any atom is -0.454 e. The second-order valence-corrected chi connectivity index (χ2v) is 7.90. The van der Waals surface area contributed by atoms with E-state index in [0.717, 1.165) is 36.6 Å². The smallest absolute Gasteiger partial charge is 0.171 e. The van der Waals surface area contributed by atoms with Crippen molar-refractivity contribution in [2.45, 2.75) is 12.8 Å². The van der Waals surface area contributed by atoms with Gasteiger partial charge in [0.05, 0.1) is 30.1 Å². The Morgan fingerprint density at radius 2 is 2.21 bits per heavy atom. The van der Waals surface area contributed by atoms with E-state index in [4.69, 9.17) is 22.1 Å². The number of ether oxygens (including phenoxy) is 1. The number of alkyl halides is 1. The maximum atomic E-state index is 12.3. The van der Waals surface area contributed by atoms with Gasteiger partial charge < -0.3 is 20.1 Å². The Morgan fingerprint density at radius 3 is 3.07 bits per heavy atom. The lowest BCUT2D eigenvalue weighted by Crippen LogP contribution is -2.36. The average Bonchev–Trinajstić information content (AvgIpc) is 2.75. The normalized spacial score (nSPS) is 14.8. The Bertz CT molecular complexity index is 968. The Morgan fingerprint density at radius 1 is 1.31 bits per heavy atom. The van der Waals surface area contributed by atoms with Gasteiger partial charge in [0.25, 0.3) is 0 Å². The van der Waals surface area contributed by atoms with Gasteiger partial charge in [0, 0.05) is 24.4 Å². The van der Waals surface area contributed by atoms with Crippen LogP contribution in [0.25, 0.3) is 0 Å². The molecule has 152 valence electrons. The molecule has 0 unspecified atom stereocenters. The first-order valence-electron chi connectivity index (χ1n) is 9.36. The van der Waals surface area contributed by atoms with Crippen molar-refractivity contribution >= 4 is 52.8 Å². The summed E-state index contributed by atoms with van der Waals surface area (Å²) in [5, 5.41) is 0.380. The first kappa shape index (κ1) is 19.8. The maximum Gasteiger partial charge on any atom is 0.171 e. The van der Waals surface area contributed by atoms with Crippen LogP contribution in [0, 0.1) is 0 Å². The number of nitrogens with zero attached hydrogens (tertiary/aromatic N) is 3. The number of anilines is 2. The third-order valence-corrected chi connectivity index (χ3v) is 5.78. The van der Waals surface area contributed by atoms with E-state index in [-0.39, 0.29) is 6.67 Å². The lowest BCUT2D eigenvalue weighted by atomic mass is 10.1. The van der Waals surface area contributed by atoms with E-state index in [9.17, 15) is 4.39 Å². The number of hydrogen-bond donors (Lipinski definition) is 2. The Balaban J connectivity index is 1.58. The summed E-state index contributed by atoms with van der Waals surface area (Å²) in [7, 11) is 0. The molecule has 0 bridgehead atoms. The molecular weight excluding hydrogens is 413 g/mol. The molecule has 2 aliphatic heterocycles. The predicted molar refractivity (Wildman–Crippen MR) is 120 cm³/mol. The zero-order chi connectivity index (χ0) is 20.2. The quantitative estimate of drug-likeness (QED) is 0.354. The molecule has 2 aliphatic rings. The molecule has 2 aromatic rings. The van der Waals surface area contributed by atoms with Crippen molar-refractivity contribution in [3.05, 3.63) is 40.9 Å². The van der Waals surface area contributed by atoms with E-state index in [0.29, 0.717) is 40.1 Å². The maximum absolute atomic E-state index is 12.3. The van der Waals surface area contributed by atoms with E-state index < -0.39 is 0 Å². The molecule has 9 heteroatoms. The van der Waals surface area contributed by atoms with Crippen LogP contribution in [0.2, 0.25) is 5.02 Å². The highest BCUT2D eigenvalue weighted by molar-refractivity contribution is 8.00. The SMILES string of the molecule is Nc1ccc(NSCCCF)c(Cl)c1Oc1ccc2c(c1)C1=NCCCN1C=N2. The third-order valence-electron chi connectivity index (χ3n) is 4.55. The summed E-state index contributed by atoms with van der Waals surface area (Å²) in [6.45, 7) is 1.36. The van der Waals surface area contributed by atoms with Crippen LogP contribution in [0.15, 0.2) is 40.3 Å². The van der Waals surface area contributed by atoms with Gasteiger partial charge in [-0.3, -0.25) is 9.38 Å². The summed E-state index contributed by atoms with van der Waals surface area (Å²) in [6.07, 6.45) is 3.31. The number of nitrogens with two attached hydrogens (primary N) is 1. The van der Waals surface area contributed by atoms with Gasteiger partial charge in [0.1, 0.15) is 16.6 Å². The largest absolute Gasteiger partial charge is 0.454 e. The fraction of sp³-hybridized carbons (Fsp3) is 0.300. The van der Waals surface area contributed by atoms with Gasteiger partial charge in [-0.2, -0.15) is 0 Å². The number of nitrogens with one attached hydrogen (secondary N) is 1. The molecule has 0 radical (unpaired) electrons. The predicted octanol–water partition coefficient (Wildman–Crippen LogP) is 5.26. The number of amidine groups is 1. The van der Waals surface area contributed by atoms with Crippen molar-refractivity contribution in [2.75, 3.05) is 36.0 Å². The fourth-order valence-electron chi connectivity index (χ4n) is 3.10. The minimum atomic E-state index is -0.344. The van der Waals surface area contributed by atoms with Gasteiger partial charge in [0.15, 0.2) is 5.75 Å². The second-order valence-electron chi connectivity index (χ2n) is 6.62. The van der Waals surface area contributed by atoms with Crippen molar-refractivity contribution < 1.29 is 9.13 Å². The second kappa shape index (κ2) is 8.92. The molecule has 0 saturated heterocycles. The molecule has 0 saturated carbocycles. The summed E-state index contributed by atoms with van der Waals surface area (Å²) in [5.41, 5.74) is 8.99. The van der Waals surface area contributed by atoms with Gasteiger partial charge in [-0.05, 0) is 43.2 Å². The van der Waals surface area contributed by atoms with E-state index in [1.165, 1.54) is 11.9 Å². The number of benzene rings is 2. The molecule has 0 aromatic heterocycles. The lowest BCUT2D eigenvalue weighted by Gasteiger charge is -2.29. The highest BCUT2D eigenvalue weighted by Crippen LogP contribution is 2.41. The number of halogens is 2. The summed E-state index contributed by atoms with van der Waals surface area (Å²) in [4.78, 5) is 11.2. The number of fused-ring (bicyclic) bond motifs is 3. The first-order chi connectivity index (χ1) is 14.2. The van der Waals surface area contributed by atoms with Crippen LogP contribution in [-0.2, 0) is 0 Å². The van der Waals surface area contributed by atoms with Crippen LogP contribution < -0.4 is 15.2 Å². The molecule has 3 N–H and O–H groups in total. The molecule has 0 aliphatic carbocycles. The Labute approximate surface area is 178 Å². The van der Waals surface area contributed by atoms with Gasteiger partial charge in [-0.15, -0.1) is 0 Å². The van der Waals surface area contributed by atoms with Crippen LogP contribution in [0.4, 0.5) is 21.5 Å². The van der Waals surface area contributed by atoms with Gasteiger partial charge >= 0.3 is 0 Å². The molecule has 0 fully saturated rings. The molecule has 29 heavy (non-hydrogen) atoms. The monoisotopic (exact) mass is 433 g/mol. The molecule has 2 heterocycles. The van der Waals surface area contributed by atoms with Crippen molar-refractivity contribution in [2.24, 2.45) is 9.98 Å². The van der Waals surface area contributed by atoms with E-state index in [2.05, 4.69) is 19.6 Å². The molecule has 2 aromatic carbocycles. The molecule has 4 rings (SSSR count). The lowest BCUT2D eigenvalue weighted by molar-refractivity contribution is 0.485. The highest BCUT2D eigenvalue weighted by atomic mass is 35.5. The van der Waals surface area contributed by atoms with Crippen LogP contribution in [0.5, 0.6) is 11.5 Å². The number of nitrogen functional groups attached to an aromatic ring is 1.